The second kappa shape index (κ2) is 5.68. The number of nitrogen functional groups attached to an aromatic ring is 1. The Kier molecular flexibility index (Phi) is 3.74. The van der Waals surface area contributed by atoms with Crippen LogP contribution in [0.5, 0.6) is 0 Å². The van der Waals surface area contributed by atoms with Crippen LogP contribution in [0.15, 0.2) is 36.7 Å². The number of benzene rings is 1. The summed E-state index contributed by atoms with van der Waals surface area (Å²) in [6, 6.07) is 8.08. The first-order chi connectivity index (χ1) is 10.1. The molecule has 2 heterocycles. The average molecular weight is 392 g/mol. The molecule has 0 aliphatic carbocycles. The van der Waals surface area contributed by atoms with Gasteiger partial charge in [-0.05, 0) is 59.3 Å². The predicted octanol–water partition coefficient (Wildman–Crippen LogP) is 3.11. The first kappa shape index (κ1) is 13.8. The lowest BCUT2D eigenvalue weighted by molar-refractivity contribution is 1.10. The van der Waals surface area contributed by atoms with Gasteiger partial charge >= 0.3 is 0 Å². The first-order valence-corrected chi connectivity index (χ1v) is 7.37. The molecule has 0 saturated carbocycles. The van der Waals surface area contributed by atoms with E-state index in [9.17, 15) is 0 Å². The summed E-state index contributed by atoms with van der Waals surface area (Å²) in [5, 5.41) is 10.1. The summed E-state index contributed by atoms with van der Waals surface area (Å²) in [4.78, 5) is 8.33. The highest BCUT2D eigenvalue weighted by molar-refractivity contribution is 14.1. The number of rotatable bonds is 3. The molecule has 0 fully saturated rings. The number of nitrogens with one attached hydrogen (secondary N) is 2. The number of pyridine rings is 1. The minimum Gasteiger partial charge on any atom is -0.366 e. The zero-order valence-corrected chi connectivity index (χ0v) is 13.4. The Balaban J connectivity index is 1.99. The molecule has 3 aromatic rings. The summed E-state index contributed by atoms with van der Waals surface area (Å²) >= 11 is 2.29. The quantitative estimate of drug-likeness (QED) is 0.596. The summed E-state index contributed by atoms with van der Waals surface area (Å²) in [6.45, 7) is 2.06. The molecule has 4 N–H and O–H groups in total. The highest BCUT2D eigenvalue weighted by Crippen LogP contribution is 2.29. The number of nitrogens with zero attached hydrogens (tertiary/aromatic N) is 3. The Morgan fingerprint density at radius 1 is 1.24 bits per heavy atom. The number of aromatic nitrogens is 4. The maximum atomic E-state index is 5.57. The lowest BCUT2D eigenvalue weighted by Crippen LogP contribution is -1.97. The molecule has 0 unspecified atom stereocenters. The van der Waals surface area contributed by atoms with E-state index in [1.54, 1.807) is 12.4 Å². The zero-order chi connectivity index (χ0) is 14.8. The molecule has 106 valence electrons. The highest BCUT2D eigenvalue weighted by Gasteiger charge is 2.10. The lowest BCUT2D eigenvalue weighted by atomic mass is 10.1. The summed E-state index contributed by atoms with van der Waals surface area (Å²) in [7, 11) is 0. The van der Waals surface area contributed by atoms with Gasteiger partial charge in [0.15, 0.2) is 5.82 Å². The number of anilines is 3. The van der Waals surface area contributed by atoms with Crippen molar-refractivity contribution in [3.8, 4) is 11.4 Å². The molecule has 0 radical (unpaired) electrons. The Bertz CT molecular complexity index is 783. The molecule has 7 heteroatoms. The van der Waals surface area contributed by atoms with E-state index in [-0.39, 0.29) is 5.95 Å². The molecule has 0 amide bonds. The fourth-order valence-corrected chi connectivity index (χ4v) is 2.66. The van der Waals surface area contributed by atoms with Gasteiger partial charge in [-0.2, -0.15) is 4.98 Å². The number of hydrogen-bond acceptors (Lipinski definition) is 5. The average Bonchev–Trinajstić information content (AvgIpc) is 2.89. The van der Waals surface area contributed by atoms with Crippen molar-refractivity contribution in [2.75, 3.05) is 11.1 Å². The van der Waals surface area contributed by atoms with Gasteiger partial charge in [0.2, 0.25) is 5.95 Å². The van der Waals surface area contributed by atoms with Gasteiger partial charge in [-0.15, -0.1) is 5.10 Å². The molecule has 0 aliphatic rings. The van der Waals surface area contributed by atoms with E-state index in [0.29, 0.717) is 5.82 Å². The summed E-state index contributed by atoms with van der Waals surface area (Å²) in [5.41, 5.74) is 9.47. The number of aromatic amines is 1. The van der Waals surface area contributed by atoms with Gasteiger partial charge < -0.3 is 11.1 Å². The van der Waals surface area contributed by atoms with E-state index in [2.05, 4.69) is 67.1 Å². The second-order valence-corrected chi connectivity index (χ2v) is 5.79. The van der Waals surface area contributed by atoms with Crippen LogP contribution in [0.2, 0.25) is 0 Å². The van der Waals surface area contributed by atoms with Crippen LogP contribution < -0.4 is 11.1 Å². The number of halogens is 1. The van der Waals surface area contributed by atoms with Crippen molar-refractivity contribution >= 4 is 39.9 Å². The van der Waals surface area contributed by atoms with Crippen molar-refractivity contribution in [2.45, 2.75) is 6.92 Å². The van der Waals surface area contributed by atoms with E-state index in [1.165, 1.54) is 3.57 Å². The van der Waals surface area contributed by atoms with Crippen LogP contribution in [0.1, 0.15) is 5.56 Å². The van der Waals surface area contributed by atoms with Crippen molar-refractivity contribution in [2.24, 2.45) is 0 Å². The van der Waals surface area contributed by atoms with Gasteiger partial charge in [-0.25, -0.2) is 0 Å². The maximum absolute atomic E-state index is 5.57. The van der Waals surface area contributed by atoms with Crippen molar-refractivity contribution in [1.29, 1.82) is 0 Å². The van der Waals surface area contributed by atoms with E-state index in [1.807, 2.05) is 12.1 Å². The van der Waals surface area contributed by atoms with Crippen LogP contribution in [0, 0.1) is 10.5 Å². The van der Waals surface area contributed by atoms with E-state index in [0.717, 1.165) is 22.5 Å². The summed E-state index contributed by atoms with van der Waals surface area (Å²) in [6.07, 6.45) is 3.46. The van der Waals surface area contributed by atoms with Crippen LogP contribution in [-0.2, 0) is 0 Å². The molecule has 0 aliphatic heterocycles. The van der Waals surface area contributed by atoms with Crippen molar-refractivity contribution in [3.63, 3.8) is 0 Å². The molecular weight excluding hydrogens is 379 g/mol. The molecule has 0 saturated heterocycles. The molecule has 6 nitrogen and oxygen atoms in total. The fraction of sp³-hybridized carbons (Fsp3) is 0.0714. The SMILES string of the molecule is Cc1cc(I)ccc1Nc1cnccc1-c1nc(N)n[nH]1. The van der Waals surface area contributed by atoms with E-state index >= 15 is 0 Å². The Hall–Kier alpha value is -2.16. The monoisotopic (exact) mass is 392 g/mol. The van der Waals surface area contributed by atoms with Gasteiger partial charge in [0, 0.05) is 21.0 Å². The van der Waals surface area contributed by atoms with Crippen LogP contribution in [0.4, 0.5) is 17.3 Å². The molecule has 2 aromatic heterocycles. The molecule has 0 atom stereocenters. The zero-order valence-electron chi connectivity index (χ0n) is 11.3. The maximum Gasteiger partial charge on any atom is 0.239 e. The molecular formula is C14H13IN6. The second-order valence-electron chi connectivity index (χ2n) is 4.55. The smallest absolute Gasteiger partial charge is 0.239 e. The van der Waals surface area contributed by atoms with Gasteiger partial charge in [0.25, 0.3) is 0 Å². The standard InChI is InChI=1S/C14H13IN6/c1-8-6-9(15)2-3-11(8)18-12-7-17-5-4-10(12)13-19-14(16)21-20-13/h2-7,18H,1H3,(H3,16,19,20,21). The largest absolute Gasteiger partial charge is 0.366 e. The van der Waals surface area contributed by atoms with E-state index < -0.39 is 0 Å². The van der Waals surface area contributed by atoms with Crippen LogP contribution in [0.25, 0.3) is 11.4 Å². The summed E-state index contributed by atoms with van der Waals surface area (Å²) in [5.74, 6) is 0.832. The van der Waals surface area contributed by atoms with Crippen molar-refractivity contribution in [1.82, 2.24) is 20.2 Å². The molecule has 1 aromatic carbocycles. The van der Waals surface area contributed by atoms with E-state index in [4.69, 9.17) is 5.73 Å². The van der Waals surface area contributed by atoms with Crippen LogP contribution in [-0.4, -0.2) is 20.2 Å². The van der Waals surface area contributed by atoms with Gasteiger partial charge in [0.05, 0.1) is 11.9 Å². The number of nitrogens with two attached hydrogens (primary N) is 1. The normalized spacial score (nSPS) is 10.6. The van der Waals surface area contributed by atoms with Crippen molar-refractivity contribution in [3.05, 3.63) is 45.8 Å². The number of aryl methyl sites for hydroxylation is 1. The van der Waals surface area contributed by atoms with Gasteiger partial charge in [-0.3, -0.25) is 10.1 Å². The Labute approximate surface area is 135 Å². The third kappa shape index (κ3) is 2.97. The minimum absolute atomic E-state index is 0.221. The van der Waals surface area contributed by atoms with Crippen LogP contribution in [0.3, 0.4) is 0 Å². The third-order valence-electron chi connectivity index (χ3n) is 3.04. The van der Waals surface area contributed by atoms with Crippen LogP contribution >= 0.6 is 22.6 Å². The molecule has 0 bridgehead atoms. The molecule has 21 heavy (non-hydrogen) atoms. The minimum atomic E-state index is 0.221. The van der Waals surface area contributed by atoms with Gasteiger partial charge in [-0.1, -0.05) is 0 Å². The topological polar surface area (TPSA) is 92.5 Å². The first-order valence-electron chi connectivity index (χ1n) is 6.29. The Morgan fingerprint density at radius 2 is 2.10 bits per heavy atom. The fourth-order valence-electron chi connectivity index (χ4n) is 2.01. The van der Waals surface area contributed by atoms with Gasteiger partial charge in [0.1, 0.15) is 0 Å². The predicted molar refractivity (Wildman–Crippen MR) is 91.2 cm³/mol. The summed E-state index contributed by atoms with van der Waals surface area (Å²) < 4.78 is 1.20. The Morgan fingerprint density at radius 3 is 2.81 bits per heavy atom. The number of H-pyrrole nitrogens is 1. The third-order valence-corrected chi connectivity index (χ3v) is 3.71. The lowest BCUT2D eigenvalue weighted by Gasteiger charge is -2.12. The van der Waals surface area contributed by atoms with Crippen molar-refractivity contribution < 1.29 is 0 Å². The highest BCUT2D eigenvalue weighted by atomic mass is 127. The molecule has 3 rings (SSSR count). The number of hydrogen-bond donors (Lipinski definition) is 3. The molecule has 0 spiro atoms.